The molecule has 12 heteroatoms. The number of methoxy groups -OCH3 is 1. The van der Waals surface area contributed by atoms with Gasteiger partial charge in [-0.2, -0.15) is 0 Å². The van der Waals surface area contributed by atoms with Crippen LogP contribution in [0.2, 0.25) is 10.0 Å². The Morgan fingerprint density at radius 2 is 1.18 bits per heavy atom. The van der Waals surface area contributed by atoms with Gasteiger partial charge in [-0.3, -0.25) is 19.9 Å². The number of rotatable bonds is 6. The van der Waals surface area contributed by atoms with Crippen molar-refractivity contribution in [3.05, 3.63) is 141 Å². The van der Waals surface area contributed by atoms with Crippen LogP contribution in [-0.4, -0.2) is 44.1 Å². The average Bonchev–Trinajstić information content (AvgIpc) is 3.02. The molecule has 0 fully saturated rings. The lowest BCUT2D eigenvalue weighted by Crippen LogP contribution is -2.03. The Morgan fingerprint density at radius 1 is 0.711 bits per heavy atom. The van der Waals surface area contributed by atoms with E-state index in [1.165, 1.54) is 43.6 Å². The molecule has 8 nitrogen and oxygen atoms in total. The van der Waals surface area contributed by atoms with E-state index in [-0.39, 0.29) is 15.6 Å². The van der Waals surface area contributed by atoms with Crippen LogP contribution in [-0.2, 0) is 17.6 Å². The fourth-order valence-electron chi connectivity index (χ4n) is 4.48. The van der Waals surface area contributed by atoms with Gasteiger partial charge in [0.2, 0.25) is 0 Å². The van der Waals surface area contributed by atoms with Crippen molar-refractivity contribution in [1.82, 2.24) is 19.9 Å². The highest BCUT2D eigenvalue weighted by Crippen LogP contribution is 2.24. The summed E-state index contributed by atoms with van der Waals surface area (Å²) in [7, 11) is 1.33. The third-order valence-electron chi connectivity index (χ3n) is 6.63. The van der Waals surface area contributed by atoms with E-state index in [1.807, 2.05) is 12.1 Å². The first-order valence-electron chi connectivity index (χ1n) is 13.3. The normalized spacial score (nSPS) is 10.8. The van der Waals surface area contributed by atoms with Crippen LogP contribution < -0.4 is 0 Å². The van der Waals surface area contributed by atoms with Crippen molar-refractivity contribution in [3.8, 4) is 0 Å². The van der Waals surface area contributed by atoms with Gasteiger partial charge >= 0.3 is 11.9 Å². The predicted octanol–water partition coefficient (Wildman–Crippen LogP) is 7.51. The third-order valence-corrected chi connectivity index (χ3v) is 7.21. The number of carboxylic acid groups (broad SMARTS) is 1. The second-order valence-corrected chi connectivity index (χ2v) is 10.6. The summed E-state index contributed by atoms with van der Waals surface area (Å²) in [5.41, 5.74) is 4.72. The number of halogens is 4. The number of aromatic nitrogens is 4. The van der Waals surface area contributed by atoms with Crippen LogP contribution in [0.25, 0.3) is 21.8 Å². The van der Waals surface area contributed by atoms with Gasteiger partial charge in [0.1, 0.15) is 11.6 Å². The molecule has 1 N–H and O–H groups in total. The van der Waals surface area contributed by atoms with Crippen molar-refractivity contribution in [1.29, 1.82) is 0 Å². The van der Waals surface area contributed by atoms with Gasteiger partial charge in [0.25, 0.3) is 0 Å². The van der Waals surface area contributed by atoms with E-state index < -0.39 is 23.6 Å². The topological polar surface area (TPSA) is 115 Å². The van der Waals surface area contributed by atoms with Crippen molar-refractivity contribution in [2.75, 3.05) is 7.11 Å². The van der Waals surface area contributed by atoms with Gasteiger partial charge in [-0.1, -0.05) is 23.2 Å². The quantitative estimate of drug-likeness (QED) is 0.185. The Bertz CT molecular complexity index is 2080. The maximum absolute atomic E-state index is 13.4. The number of benzene rings is 2. The number of carboxylic acids is 1. The minimum absolute atomic E-state index is 0.0393. The molecule has 0 saturated heterocycles. The average molecular weight is 647 g/mol. The molecule has 0 aliphatic carbocycles. The van der Waals surface area contributed by atoms with E-state index in [1.54, 1.807) is 36.8 Å². The molecule has 4 aromatic heterocycles. The molecule has 0 saturated carbocycles. The van der Waals surface area contributed by atoms with Crippen LogP contribution in [0.4, 0.5) is 8.78 Å². The van der Waals surface area contributed by atoms with Gasteiger partial charge in [0, 0.05) is 71.9 Å². The molecular formula is C33H22Cl2F2N4O4. The molecule has 6 rings (SSSR count). The van der Waals surface area contributed by atoms with Crippen LogP contribution in [0.1, 0.15) is 43.2 Å². The van der Waals surface area contributed by atoms with E-state index in [9.17, 15) is 18.4 Å². The fourth-order valence-corrected chi connectivity index (χ4v) is 4.82. The van der Waals surface area contributed by atoms with Gasteiger partial charge in [-0.15, -0.1) is 0 Å². The second kappa shape index (κ2) is 13.7. The van der Waals surface area contributed by atoms with Crippen LogP contribution in [0.3, 0.4) is 0 Å². The number of nitrogens with zero attached hydrogens (tertiary/aromatic N) is 4. The smallest absolute Gasteiger partial charge is 0.337 e. The van der Waals surface area contributed by atoms with Crippen LogP contribution in [0.15, 0.2) is 85.5 Å². The molecule has 6 aromatic rings. The summed E-state index contributed by atoms with van der Waals surface area (Å²) < 4.78 is 31.5. The Hall–Kier alpha value is -5.06. The molecule has 0 radical (unpaired) electrons. The number of ether oxygens (including phenoxy) is 1. The number of carbonyl (C=O) groups is 2. The van der Waals surface area contributed by atoms with Crippen molar-refractivity contribution < 1.29 is 28.2 Å². The summed E-state index contributed by atoms with van der Waals surface area (Å²) in [6.07, 6.45) is 7.20. The number of hydrogen-bond acceptors (Lipinski definition) is 7. The van der Waals surface area contributed by atoms with Gasteiger partial charge in [0.05, 0.1) is 39.3 Å². The molecule has 45 heavy (non-hydrogen) atoms. The Labute approximate surface area is 265 Å². The highest BCUT2D eigenvalue weighted by molar-refractivity contribution is 6.31. The maximum Gasteiger partial charge on any atom is 0.337 e. The summed E-state index contributed by atoms with van der Waals surface area (Å²) in [6, 6.07) is 15.6. The van der Waals surface area contributed by atoms with Crippen molar-refractivity contribution in [2.24, 2.45) is 0 Å². The zero-order chi connectivity index (χ0) is 32.1. The minimum atomic E-state index is -0.998. The van der Waals surface area contributed by atoms with Crippen LogP contribution in [0.5, 0.6) is 0 Å². The zero-order valence-electron chi connectivity index (χ0n) is 23.5. The summed E-state index contributed by atoms with van der Waals surface area (Å²) in [5.74, 6) is -2.41. The SMILES string of the molecule is COC(=O)c1ccnc(Cc2cnc3cc(F)c(Cl)cc3c2)c1.O=C(O)c1ccnc(Cc2cnc3cc(F)c(Cl)cc3c2)c1. The Balaban J connectivity index is 0.000000178. The minimum Gasteiger partial charge on any atom is -0.478 e. The predicted molar refractivity (Wildman–Crippen MR) is 166 cm³/mol. The number of hydrogen-bond donors (Lipinski definition) is 1. The fraction of sp³-hybridized carbons (Fsp3) is 0.0909. The lowest BCUT2D eigenvalue weighted by molar-refractivity contribution is 0.0599. The number of esters is 1. The molecule has 0 atom stereocenters. The largest absolute Gasteiger partial charge is 0.478 e. The van der Waals surface area contributed by atoms with E-state index in [2.05, 4.69) is 19.9 Å². The van der Waals surface area contributed by atoms with Gasteiger partial charge in [-0.05, 0) is 59.7 Å². The second-order valence-electron chi connectivity index (χ2n) is 9.83. The zero-order valence-corrected chi connectivity index (χ0v) is 25.0. The van der Waals surface area contributed by atoms with Crippen LogP contribution in [0, 0.1) is 11.6 Å². The maximum atomic E-state index is 13.4. The highest BCUT2D eigenvalue weighted by atomic mass is 35.5. The Morgan fingerprint density at radius 3 is 1.64 bits per heavy atom. The molecule has 2 aromatic carbocycles. The summed E-state index contributed by atoms with van der Waals surface area (Å²) in [4.78, 5) is 39.3. The lowest BCUT2D eigenvalue weighted by Gasteiger charge is -2.05. The van der Waals surface area contributed by atoms with Crippen molar-refractivity contribution in [3.63, 3.8) is 0 Å². The number of pyridine rings is 4. The monoisotopic (exact) mass is 646 g/mol. The molecule has 226 valence electrons. The van der Waals surface area contributed by atoms with Crippen LogP contribution >= 0.6 is 23.2 Å². The molecular weight excluding hydrogens is 625 g/mol. The number of carbonyl (C=O) groups excluding carboxylic acids is 1. The molecule has 0 bridgehead atoms. The van der Waals surface area contributed by atoms with E-state index in [4.69, 9.17) is 33.0 Å². The molecule has 0 spiro atoms. The lowest BCUT2D eigenvalue weighted by atomic mass is 10.1. The number of aromatic carboxylic acids is 1. The Kier molecular flexibility index (Phi) is 9.56. The summed E-state index contributed by atoms with van der Waals surface area (Å²) in [6.45, 7) is 0. The first-order valence-corrected chi connectivity index (χ1v) is 14.0. The standard InChI is InChI=1S/C17H12ClFN2O2.C16H10ClFN2O2/c1-23-17(22)11-2-3-20-13(6-11)5-10-4-12-7-14(18)15(19)8-16(12)21-9-10;17-13-6-11-3-9(8-20-15(11)7-14(13)18)4-12-5-10(16(21)22)1-2-19-12/h2-4,6-9H,5H2,1H3;1-3,5-8H,4H2,(H,21,22). The molecule has 0 unspecified atom stereocenters. The molecule has 4 heterocycles. The first-order chi connectivity index (χ1) is 21.6. The number of fused-ring (bicyclic) bond motifs is 2. The van der Waals surface area contributed by atoms with E-state index in [0.29, 0.717) is 40.8 Å². The molecule has 0 amide bonds. The van der Waals surface area contributed by atoms with Crippen molar-refractivity contribution in [2.45, 2.75) is 12.8 Å². The van der Waals surface area contributed by atoms with E-state index in [0.717, 1.165) is 21.9 Å². The van der Waals surface area contributed by atoms with E-state index >= 15 is 0 Å². The van der Waals surface area contributed by atoms with Gasteiger partial charge in [-0.25, -0.2) is 18.4 Å². The summed E-state index contributed by atoms with van der Waals surface area (Å²) in [5, 5.41) is 10.5. The highest BCUT2D eigenvalue weighted by Gasteiger charge is 2.10. The van der Waals surface area contributed by atoms with Gasteiger partial charge in [0.15, 0.2) is 0 Å². The summed E-state index contributed by atoms with van der Waals surface area (Å²) >= 11 is 11.6. The third kappa shape index (κ3) is 7.72. The van der Waals surface area contributed by atoms with Gasteiger partial charge < -0.3 is 9.84 Å². The first kappa shape index (κ1) is 31.4. The molecule has 0 aliphatic heterocycles. The molecule has 0 aliphatic rings. The van der Waals surface area contributed by atoms with Crippen molar-refractivity contribution >= 4 is 56.9 Å².